The van der Waals surface area contributed by atoms with E-state index in [1.54, 1.807) is 12.1 Å². The summed E-state index contributed by atoms with van der Waals surface area (Å²) in [4.78, 5) is 31.5. The number of nitrogens with zero attached hydrogens (tertiary/aromatic N) is 6. The maximum atomic E-state index is 7.45. The van der Waals surface area contributed by atoms with E-state index in [0.29, 0.717) is 101 Å². The van der Waals surface area contributed by atoms with Crippen molar-refractivity contribution >= 4 is 137 Å². The molecule has 0 aliphatic rings. The van der Waals surface area contributed by atoms with E-state index in [9.17, 15) is 0 Å². The van der Waals surface area contributed by atoms with Crippen molar-refractivity contribution in [1.29, 1.82) is 0 Å². The van der Waals surface area contributed by atoms with Crippen LogP contribution in [0.15, 0.2) is 333 Å². The first-order valence-electron chi connectivity index (χ1n) is 31.9. The highest BCUT2D eigenvalue weighted by Crippen LogP contribution is 2.39. The molecule has 16 heteroatoms. The summed E-state index contributed by atoms with van der Waals surface area (Å²) in [7, 11) is 0. The average Bonchev–Trinajstić information content (AvgIpc) is 0.804. The molecule has 13 aromatic rings. The Bertz CT molecular complexity index is 4440. The number of nitrogens with two attached hydrogens (primary N) is 8. The van der Waals surface area contributed by atoms with E-state index in [-0.39, 0.29) is 0 Å². The summed E-state index contributed by atoms with van der Waals surface area (Å²) in [6.45, 7) is 0. The zero-order valence-corrected chi connectivity index (χ0v) is 55.4. The summed E-state index contributed by atoms with van der Waals surface area (Å²) in [5, 5.41) is 0.585. The Kier molecular flexibility index (Phi) is 19.3. The van der Waals surface area contributed by atoms with E-state index in [2.05, 4.69) is 0 Å². The number of rotatable bonds is 18. The fraction of sp³-hybridized carbons (Fsp3) is 0. The van der Waals surface area contributed by atoms with Gasteiger partial charge in [0.25, 0.3) is 0 Å². The van der Waals surface area contributed by atoms with Gasteiger partial charge in [0.05, 0.1) is 78.4 Å². The van der Waals surface area contributed by atoms with E-state index >= 15 is 0 Å². The second-order valence-electron chi connectivity index (χ2n) is 23.7. The van der Waals surface area contributed by atoms with Crippen LogP contribution in [0.1, 0.15) is 66.8 Å². The summed E-state index contributed by atoms with van der Waals surface area (Å²) in [6.07, 6.45) is 0. The van der Waals surface area contributed by atoms with Gasteiger partial charge >= 0.3 is 0 Å². The van der Waals surface area contributed by atoms with Crippen molar-refractivity contribution in [3.05, 3.63) is 380 Å². The molecule has 13 aromatic carbocycles. The van der Waals surface area contributed by atoms with Gasteiger partial charge in [-0.3, -0.25) is 0 Å². The SMILES string of the molecule is Nc1ccc(C(=Nc2ccc(C(=Nc3cc(Cl)c(N=C(c4ccc(N=C(c5ccc(N)cc5)c5ccc(N)cc5)cc4)c4ccc(N=C(c5ccc(N)cc5)c5ccc(N)cc5)cc4)cc3Cl)c3ccc(N=C(c4ccc(N)cc4)c4ccc(N)cc4)cc3)cc2)c2ccc(N)cc2)cc1. The Hall–Kier alpha value is -13.1. The highest BCUT2D eigenvalue weighted by Gasteiger charge is 2.18. The van der Waals surface area contributed by atoms with E-state index in [1.165, 1.54) is 0 Å². The molecule has 16 N–H and O–H groups in total. The molecule has 0 aromatic heterocycles. The quantitative estimate of drug-likeness (QED) is 0.0301. The smallest absolute Gasteiger partial charge is 0.0840 e. The predicted molar refractivity (Wildman–Crippen MR) is 421 cm³/mol. The normalized spacial score (nSPS) is 10.8. The summed E-state index contributed by atoms with van der Waals surface area (Å²) in [5.41, 5.74) is 72.1. The molecule has 100 heavy (non-hydrogen) atoms. The van der Waals surface area contributed by atoms with Crippen LogP contribution < -0.4 is 45.9 Å². The molecule has 13 rings (SSSR count). The highest BCUT2D eigenvalue weighted by molar-refractivity contribution is 6.37. The van der Waals surface area contributed by atoms with Gasteiger partial charge in [-0.2, -0.15) is 0 Å². The lowest BCUT2D eigenvalue weighted by Gasteiger charge is -2.13. The van der Waals surface area contributed by atoms with Gasteiger partial charge in [0.15, 0.2) is 0 Å². The van der Waals surface area contributed by atoms with Crippen molar-refractivity contribution < 1.29 is 0 Å². The summed E-state index contributed by atoms with van der Waals surface area (Å²) in [5.74, 6) is 0. The van der Waals surface area contributed by atoms with Gasteiger partial charge in [-0.15, -0.1) is 0 Å². The topological polar surface area (TPSA) is 282 Å². The van der Waals surface area contributed by atoms with Crippen LogP contribution in [0, 0.1) is 0 Å². The zero-order valence-electron chi connectivity index (χ0n) is 53.9. The number of aliphatic imine (C=N–C) groups is 6. The second kappa shape index (κ2) is 29.5. The third kappa shape index (κ3) is 15.7. The van der Waals surface area contributed by atoms with Crippen LogP contribution >= 0.6 is 23.2 Å². The molecule has 0 saturated heterocycles. The van der Waals surface area contributed by atoms with Gasteiger partial charge in [-0.1, -0.05) is 169 Å². The molecule has 0 aliphatic carbocycles. The van der Waals surface area contributed by atoms with Crippen molar-refractivity contribution in [3.8, 4) is 0 Å². The molecule has 0 aliphatic heterocycles. The Labute approximate surface area is 589 Å². The number of hydrogen-bond acceptors (Lipinski definition) is 14. The Balaban J connectivity index is 0.914. The zero-order chi connectivity index (χ0) is 69.2. The first-order chi connectivity index (χ1) is 48.6. The maximum absolute atomic E-state index is 7.45. The van der Waals surface area contributed by atoms with Crippen molar-refractivity contribution in [2.45, 2.75) is 0 Å². The number of halogens is 2. The van der Waals surface area contributed by atoms with Crippen molar-refractivity contribution in [2.24, 2.45) is 30.0 Å². The molecule has 0 fully saturated rings. The van der Waals surface area contributed by atoms with Crippen LogP contribution in [-0.4, -0.2) is 34.3 Å². The van der Waals surface area contributed by atoms with Gasteiger partial charge < -0.3 is 45.9 Å². The van der Waals surface area contributed by atoms with E-state index in [4.69, 9.17) is 99.0 Å². The van der Waals surface area contributed by atoms with Crippen LogP contribution in [0.3, 0.4) is 0 Å². The largest absolute Gasteiger partial charge is 0.399 e. The third-order valence-electron chi connectivity index (χ3n) is 16.5. The van der Waals surface area contributed by atoms with E-state index in [1.807, 2.05) is 291 Å². The monoisotopic (exact) mass is 1340 g/mol. The standard InChI is InChI=1S/C84H66Cl2N14/c85-75-50-78(100-84(61-21-45-73(46-22-61)97-81(55-9-33-67(91)34-10-55)56-11-35-68(92)36-12-56)62-23-47-74(48-24-62)98-82(57-13-37-69(93)38-14-57)58-15-39-70(94)40-16-58)76(86)49-77(75)99-83(59-17-41-71(42-18-59)95-79(51-1-25-63(87)26-2-51)52-3-27-64(88)28-4-52)60-19-43-72(44-20-60)96-80(53-5-29-65(89)30-6-53)54-7-31-66(90)32-8-54/h1-50H,87-94H2. The summed E-state index contributed by atoms with van der Waals surface area (Å²) in [6, 6.07) is 95.9. The van der Waals surface area contributed by atoms with Gasteiger partial charge in [0.1, 0.15) is 0 Å². The predicted octanol–water partition coefficient (Wildman–Crippen LogP) is 18.7. The molecule has 0 atom stereocenters. The number of benzene rings is 13. The van der Waals surface area contributed by atoms with Crippen LogP contribution in [0.5, 0.6) is 0 Å². The molecule has 0 spiro atoms. The van der Waals surface area contributed by atoms with Crippen LogP contribution in [0.4, 0.5) is 79.6 Å². The van der Waals surface area contributed by atoms with Gasteiger partial charge in [0.2, 0.25) is 0 Å². The molecule has 486 valence electrons. The molecule has 0 amide bonds. The molecule has 0 bridgehead atoms. The van der Waals surface area contributed by atoms with E-state index in [0.717, 1.165) is 89.6 Å². The lowest BCUT2D eigenvalue weighted by atomic mass is 9.99. The molecular formula is C84H66Cl2N14. The molecule has 14 nitrogen and oxygen atoms in total. The lowest BCUT2D eigenvalue weighted by Crippen LogP contribution is -2.05. The Morgan fingerprint density at radius 3 is 0.430 bits per heavy atom. The van der Waals surface area contributed by atoms with Crippen LogP contribution in [0.2, 0.25) is 10.0 Å². The molecular weight excluding hydrogens is 1280 g/mol. The minimum atomic E-state index is 0.292. The summed E-state index contributed by atoms with van der Waals surface area (Å²) < 4.78 is 0. The fourth-order valence-electron chi connectivity index (χ4n) is 11.1. The molecule has 0 radical (unpaired) electrons. The molecule has 0 saturated carbocycles. The van der Waals surface area contributed by atoms with Gasteiger partial charge in [-0.05, 0) is 158 Å². The van der Waals surface area contributed by atoms with E-state index < -0.39 is 0 Å². The Morgan fingerprint density at radius 2 is 0.290 bits per heavy atom. The van der Waals surface area contributed by atoms with Crippen LogP contribution in [0.25, 0.3) is 0 Å². The first kappa shape index (κ1) is 65.5. The molecule has 0 unspecified atom stereocenters. The second-order valence-corrected chi connectivity index (χ2v) is 24.5. The minimum Gasteiger partial charge on any atom is -0.399 e. The maximum Gasteiger partial charge on any atom is 0.0840 e. The third-order valence-corrected chi connectivity index (χ3v) is 17.1. The van der Waals surface area contributed by atoms with Crippen LogP contribution in [-0.2, 0) is 0 Å². The average molecular weight is 1340 g/mol. The number of hydrogen-bond donors (Lipinski definition) is 8. The molecule has 0 heterocycles. The van der Waals surface area contributed by atoms with Crippen molar-refractivity contribution in [3.63, 3.8) is 0 Å². The summed E-state index contributed by atoms with van der Waals surface area (Å²) >= 11 is 14.9. The number of anilines is 8. The number of nitrogen functional groups attached to an aromatic ring is 8. The Morgan fingerprint density at radius 1 is 0.170 bits per heavy atom. The fourth-order valence-corrected chi connectivity index (χ4v) is 11.5. The van der Waals surface area contributed by atoms with Gasteiger partial charge in [0, 0.05) is 112 Å². The van der Waals surface area contributed by atoms with Crippen molar-refractivity contribution in [2.75, 3.05) is 45.9 Å². The highest BCUT2D eigenvalue weighted by atomic mass is 35.5. The first-order valence-corrected chi connectivity index (χ1v) is 32.6. The minimum absolute atomic E-state index is 0.292. The van der Waals surface area contributed by atoms with Gasteiger partial charge in [-0.25, -0.2) is 30.0 Å². The van der Waals surface area contributed by atoms with Crippen molar-refractivity contribution in [1.82, 2.24) is 0 Å². The lowest BCUT2D eigenvalue weighted by molar-refractivity contribution is 1.42.